The minimum Gasteiger partial charge on any atom is -0.390 e. The van der Waals surface area contributed by atoms with Gasteiger partial charge in [0.2, 0.25) is 0 Å². The number of hydrogen-bond acceptors (Lipinski definition) is 16. The highest BCUT2D eigenvalue weighted by atomic mass is 35.5. The van der Waals surface area contributed by atoms with Crippen molar-refractivity contribution in [2.45, 2.75) is 177 Å². The maximum Gasteiger partial charge on any atom is 0.254 e. The largest absolute Gasteiger partial charge is 0.390 e. The van der Waals surface area contributed by atoms with Crippen LogP contribution in [-0.2, 0) is 51.9 Å². The van der Waals surface area contributed by atoms with Gasteiger partial charge in [0.1, 0.15) is 20.6 Å². The zero-order valence-corrected chi connectivity index (χ0v) is 64.5. The first-order valence-electron chi connectivity index (χ1n) is 38.0. The summed E-state index contributed by atoms with van der Waals surface area (Å²) in [6, 6.07) is 39.5. The standard InChI is InChI=1S/4C21H24ClN3O2/c4*1-2-13-11-25(21(27)16-8-20(22)24-10-17(13)16)12-19(26)18-7-14-5-3-4-6-15(14)9-23-18/h4*3-6,8,10,13,18-19,23,26H,2,7,9,11-12H2,1H3/t13-,18+,19+;13-,18+,19-;13-,18-,19+;13-,18-,19-/m1100/s1. The van der Waals surface area contributed by atoms with Gasteiger partial charge in [-0.1, -0.05) is 171 Å². The lowest BCUT2D eigenvalue weighted by Gasteiger charge is -2.37. The number of carbonyl (C=O) groups is 4. The van der Waals surface area contributed by atoms with Gasteiger partial charge in [0.15, 0.2) is 0 Å². The number of aliphatic hydroxyl groups is 4. The first-order chi connectivity index (χ1) is 52.3. The molecule has 0 unspecified atom stereocenters. The van der Waals surface area contributed by atoms with Crippen LogP contribution in [0.4, 0.5) is 0 Å². The van der Waals surface area contributed by atoms with Crippen LogP contribution in [0.1, 0.15) is 185 Å². The molecule has 108 heavy (non-hydrogen) atoms. The van der Waals surface area contributed by atoms with E-state index in [0.29, 0.717) is 95.2 Å². The molecule has 0 saturated carbocycles. The predicted octanol–water partition coefficient (Wildman–Crippen LogP) is 11.0. The van der Waals surface area contributed by atoms with Crippen LogP contribution in [0, 0.1) is 0 Å². The number of nitrogens with one attached hydrogen (secondary N) is 4. The van der Waals surface area contributed by atoms with Crippen molar-refractivity contribution in [3.05, 3.63) is 256 Å². The third kappa shape index (κ3) is 17.8. The Morgan fingerprint density at radius 1 is 0.343 bits per heavy atom. The fraction of sp³-hybridized carbons (Fsp3) is 0.429. The van der Waals surface area contributed by atoms with E-state index >= 15 is 0 Å². The summed E-state index contributed by atoms with van der Waals surface area (Å²) in [6.45, 7) is 15.1. The normalized spacial score (nSPS) is 22.9. The molecule has 0 spiro atoms. The van der Waals surface area contributed by atoms with Crippen LogP contribution in [0.3, 0.4) is 0 Å². The highest BCUT2D eigenvalue weighted by Crippen LogP contribution is 2.37. The Kier molecular flexibility index (Phi) is 25.7. The molecule has 0 saturated heterocycles. The summed E-state index contributed by atoms with van der Waals surface area (Å²) in [7, 11) is 0. The molecule has 12 atom stereocenters. The zero-order valence-electron chi connectivity index (χ0n) is 61.4. The molecule has 24 heteroatoms. The molecule has 0 bridgehead atoms. The number of pyridine rings is 4. The third-order valence-electron chi connectivity index (χ3n) is 23.1. The molecular formula is C84H96Cl4N12O8. The van der Waals surface area contributed by atoms with Crippen LogP contribution in [0.25, 0.3) is 0 Å². The predicted molar refractivity (Wildman–Crippen MR) is 420 cm³/mol. The lowest BCUT2D eigenvalue weighted by atomic mass is 9.88. The fourth-order valence-corrected chi connectivity index (χ4v) is 17.3. The molecule has 4 aromatic carbocycles. The van der Waals surface area contributed by atoms with E-state index in [4.69, 9.17) is 46.4 Å². The molecule has 20 nitrogen and oxygen atoms in total. The number of fused-ring (bicyclic) bond motifs is 8. The summed E-state index contributed by atoms with van der Waals surface area (Å²) in [5.74, 6) is 0.570. The second kappa shape index (κ2) is 35.5. The average Bonchev–Trinajstić information content (AvgIpc) is 0.792. The van der Waals surface area contributed by atoms with Gasteiger partial charge in [-0.05, 0) is 142 Å². The number of rotatable bonds is 16. The number of aliphatic hydroxyl groups excluding tert-OH is 4. The van der Waals surface area contributed by atoms with Crippen LogP contribution < -0.4 is 21.3 Å². The van der Waals surface area contributed by atoms with Crippen LogP contribution in [0.5, 0.6) is 0 Å². The van der Waals surface area contributed by atoms with Gasteiger partial charge in [-0.25, -0.2) is 19.9 Å². The van der Waals surface area contributed by atoms with Gasteiger partial charge < -0.3 is 61.3 Å². The molecule has 12 heterocycles. The maximum absolute atomic E-state index is 13.0. The number of halogens is 4. The van der Waals surface area contributed by atoms with Crippen molar-refractivity contribution < 1.29 is 39.6 Å². The van der Waals surface area contributed by atoms with Gasteiger partial charge in [0.25, 0.3) is 23.6 Å². The second-order valence-electron chi connectivity index (χ2n) is 29.7. The minimum atomic E-state index is -0.626. The Morgan fingerprint density at radius 3 is 0.731 bits per heavy atom. The van der Waals surface area contributed by atoms with E-state index in [0.717, 1.165) is 99.8 Å². The first kappa shape index (κ1) is 78.3. The summed E-state index contributed by atoms with van der Waals surface area (Å²) >= 11 is 24.1. The quantitative estimate of drug-likeness (QED) is 0.0418. The lowest BCUT2D eigenvalue weighted by Crippen LogP contribution is -2.52. The Hall–Kier alpha value is -7.80. The van der Waals surface area contributed by atoms with E-state index in [-0.39, 0.29) is 71.5 Å². The van der Waals surface area contributed by atoms with Crippen molar-refractivity contribution in [2.75, 3.05) is 52.4 Å². The van der Waals surface area contributed by atoms with Gasteiger partial charge in [-0.15, -0.1) is 0 Å². The van der Waals surface area contributed by atoms with Crippen molar-refractivity contribution in [1.82, 2.24) is 60.8 Å². The van der Waals surface area contributed by atoms with Gasteiger partial charge in [-0.3, -0.25) is 19.2 Å². The number of benzene rings is 4. The van der Waals surface area contributed by atoms with Gasteiger partial charge >= 0.3 is 0 Å². The Morgan fingerprint density at radius 2 is 0.537 bits per heavy atom. The molecule has 16 rings (SSSR count). The van der Waals surface area contributed by atoms with E-state index < -0.39 is 24.4 Å². The molecule has 8 N–H and O–H groups in total. The SMILES string of the molecule is CC[C@@H]1CN(C[C@@H](O)[C@@H]2Cc3ccccc3CN2)C(=O)c2cc(Cl)ncc21.CC[C@@H]1CN(C[C@H](O)[C@@H]2Cc3ccccc3CN2)C(=O)c2cc(Cl)ncc21.CC[C@H]1CN(C[C@@H](O)[C@@H]2Cc3ccccc3CN2)C(=O)c2cc(Cl)ncc21.CC[C@H]1CN(C[C@H](O)[C@@H]2Cc3ccccc3CN2)C(=O)c2cc(Cl)ncc21. The van der Waals surface area contributed by atoms with Crippen molar-refractivity contribution in [3.63, 3.8) is 0 Å². The highest BCUT2D eigenvalue weighted by molar-refractivity contribution is 6.31. The molecule has 0 aliphatic carbocycles. The number of amides is 4. The van der Waals surface area contributed by atoms with Gasteiger partial charge in [0, 0.05) is 173 Å². The molecule has 8 aliphatic heterocycles. The maximum atomic E-state index is 13.0. The number of aromatic nitrogens is 4. The molecule has 568 valence electrons. The third-order valence-corrected chi connectivity index (χ3v) is 23.9. The molecule has 8 aliphatic rings. The van der Waals surface area contributed by atoms with Crippen molar-refractivity contribution in [3.8, 4) is 0 Å². The summed E-state index contributed by atoms with van der Waals surface area (Å²) in [5.41, 5.74) is 16.5. The molecule has 4 amide bonds. The van der Waals surface area contributed by atoms with Crippen LogP contribution >= 0.6 is 46.4 Å². The number of carbonyl (C=O) groups excluding carboxylic acids is 4. The average molecular weight is 1540 g/mol. The van der Waals surface area contributed by atoms with E-state index in [1.54, 1.807) is 68.7 Å². The smallest absolute Gasteiger partial charge is 0.254 e. The highest BCUT2D eigenvalue weighted by Gasteiger charge is 2.40. The zero-order chi connectivity index (χ0) is 75.9. The monoisotopic (exact) mass is 1540 g/mol. The molecule has 8 aromatic rings. The molecule has 0 fully saturated rings. The molecule has 4 aromatic heterocycles. The number of hydrogen-bond donors (Lipinski definition) is 8. The van der Waals surface area contributed by atoms with E-state index in [1.165, 1.54) is 44.5 Å². The number of nitrogens with zero attached hydrogens (tertiary/aromatic N) is 8. The second-order valence-corrected chi connectivity index (χ2v) is 31.3. The minimum absolute atomic E-state index is 0.0600. The van der Waals surface area contributed by atoms with E-state index in [9.17, 15) is 39.6 Å². The van der Waals surface area contributed by atoms with Crippen LogP contribution in [0.15, 0.2) is 146 Å². The van der Waals surface area contributed by atoms with Crippen molar-refractivity contribution in [1.29, 1.82) is 0 Å². The van der Waals surface area contributed by atoms with E-state index in [1.807, 2.05) is 48.5 Å². The Balaban J connectivity index is 0.000000127. The van der Waals surface area contributed by atoms with Gasteiger partial charge in [-0.2, -0.15) is 0 Å². The van der Waals surface area contributed by atoms with Crippen molar-refractivity contribution >= 4 is 70.0 Å². The number of β-amino-alcohol motifs (C(OH)–C–C–N with tert-alkyl or cyclic N) is 4. The lowest BCUT2D eigenvalue weighted by molar-refractivity contribution is 0.0482. The fourth-order valence-electron chi connectivity index (χ4n) is 16.7. The van der Waals surface area contributed by atoms with Crippen LogP contribution in [-0.4, -0.2) is 185 Å². The molecule has 0 radical (unpaired) electrons. The Labute approximate surface area is 652 Å². The van der Waals surface area contributed by atoms with Crippen molar-refractivity contribution in [2.24, 2.45) is 0 Å². The molecular weight excluding hydrogens is 1450 g/mol. The summed E-state index contributed by atoms with van der Waals surface area (Å²) in [5, 5.41) is 58.3. The van der Waals surface area contributed by atoms with Gasteiger partial charge in [0.05, 0.1) is 24.4 Å². The first-order valence-corrected chi connectivity index (χ1v) is 39.5. The summed E-state index contributed by atoms with van der Waals surface area (Å²) < 4.78 is 0. The Bertz CT molecular complexity index is 3990. The van der Waals surface area contributed by atoms with E-state index in [2.05, 4.69) is 117 Å². The topological polar surface area (TPSA) is 262 Å². The summed E-state index contributed by atoms with van der Waals surface area (Å²) in [6.07, 6.45) is 11.1. The van der Waals surface area contributed by atoms with Crippen LogP contribution in [0.2, 0.25) is 20.6 Å². The summed E-state index contributed by atoms with van der Waals surface area (Å²) in [4.78, 5) is 75.4.